The van der Waals surface area contributed by atoms with Gasteiger partial charge < -0.3 is 19.1 Å². The van der Waals surface area contributed by atoms with Gasteiger partial charge in [-0.25, -0.2) is 9.78 Å². The van der Waals surface area contributed by atoms with Gasteiger partial charge in [-0.15, -0.1) is 0 Å². The normalized spacial score (nSPS) is 14.4. The summed E-state index contributed by atoms with van der Waals surface area (Å²) in [6.07, 6.45) is 5.21. The van der Waals surface area contributed by atoms with E-state index in [0.717, 1.165) is 43.1 Å². The summed E-state index contributed by atoms with van der Waals surface area (Å²) in [5.41, 5.74) is 1.06. The number of para-hydroxylation sites is 1. The second-order valence-electron chi connectivity index (χ2n) is 10.3. The quantitative estimate of drug-likeness (QED) is 0.285. The Morgan fingerprint density at radius 1 is 1.03 bits per heavy atom. The summed E-state index contributed by atoms with van der Waals surface area (Å²) in [5, 5.41) is 0. The Morgan fingerprint density at radius 2 is 1.69 bits per heavy atom. The zero-order valence-corrected chi connectivity index (χ0v) is 22.4. The molecule has 0 N–H and O–H groups in total. The molecule has 1 aliphatic rings. The topological polar surface area (TPSA) is 77.0 Å². The van der Waals surface area contributed by atoms with Gasteiger partial charge in [0, 0.05) is 24.5 Å². The predicted molar refractivity (Wildman–Crippen MR) is 145 cm³/mol. The van der Waals surface area contributed by atoms with Crippen LogP contribution in [0.2, 0.25) is 0 Å². The molecule has 1 aliphatic heterocycles. The number of rotatable bonds is 10. The van der Waals surface area contributed by atoms with Crippen molar-refractivity contribution in [3.05, 3.63) is 67.0 Å². The van der Waals surface area contributed by atoms with E-state index in [1.54, 1.807) is 24.5 Å². The fraction of sp³-hybridized carbons (Fsp3) is 0.414. The van der Waals surface area contributed by atoms with Gasteiger partial charge in [-0.1, -0.05) is 18.2 Å². The molecule has 208 valence electrons. The number of hydrogen-bond donors (Lipinski definition) is 0. The number of aromatic nitrogens is 2. The van der Waals surface area contributed by atoms with E-state index in [1.165, 1.54) is 12.1 Å². The van der Waals surface area contributed by atoms with Crippen LogP contribution in [-0.2, 0) is 14.3 Å². The second kappa shape index (κ2) is 12.8. The summed E-state index contributed by atoms with van der Waals surface area (Å²) in [6, 6.07) is 16.1. The van der Waals surface area contributed by atoms with Gasteiger partial charge in [0.15, 0.2) is 5.82 Å². The molecule has 0 bridgehead atoms. The molecule has 0 aliphatic carbocycles. The minimum Gasteiger partial charge on any atom is -0.458 e. The first-order chi connectivity index (χ1) is 18.7. The fourth-order valence-corrected chi connectivity index (χ4v) is 4.38. The number of anilines is 4. The molecule has 0 amide bonds. The van der Waals surface area contributed by atoms with Crippen LogP contribution in [0.5, 0.6) is 5.75 Å². The van der Waals surface area contributed by atoms with Gasteiger partial charge in [-0.3, -0.25) is 9.88 Å². The minimum atomic E-state index is -2.88. The van der Waals surface area contributed by atoms with Crippen LogP contribution in [0.25, 0.3) is 0 Å². The molecule has 1 saturated heterocycles. The number of carbonyl (C=O) groups excluding carboxylic acids is 1. The van der Waals surface area contributed by atoms with Crippen LogP contribution >= 0.6 is 0 Å². The highest BCUT2D eigenvalue weighted by molar-refractivity contribution is 5.74. The van der Waals surface area contributed by atoms with Crippen molar-refractivity contribution in [3.8, 4) is 5.75 Å². The largest absolute Gasteiger partial charge is 0.458 e. The SMILES string of the molecule is CC(C)(C)OC(=O)COCC1CCN(c2cncc(N(c3ccccc3)c3ccc(OC(F)F)cc3)n2)CC1. The number of hydrogen-bond acceptors (Lipinski definition) is 8. The molecular formula is C29H34F2N4O4. The monoisotopic (exact) mass is 540 g/mol. The smallest absolute Gasteiger partial charge is 0.387 e. The van der Waals surface area contributed by atoms with E-state index >= 15 is 0 Å². The van der Waals surface area contributed by atoms with E-state index in [9.17, 15) is 13.6 Å². The maximum atomic E-state index is 12.6. The fourth-order valence-electron chi connectivity index (χ4n) is 4.38. The third-order valence-electron chi connectivity index (χ3n) is 6.10. The van der Waals surface area contributed by atoms with Gasteiger partial charge in [0.05, 0.1) is 19.0 Å². The first kappa shape index (κ1) is 28.2. The van der Waals surface area contributed by atoms with E-state index in [1.807, 2.05) is 56.0 Å². The Balaban J connectivity index is 1.42. The van der Waals surface area contributed by atoms with E-state index in [0.29, 0.717) is 18.3 Å². The lowest BCUT2D eigenvalue weighted by Crippen LogP contribution is -2.36. The van der Waals surface area contributed by atoms with Gasteiger partial charge in [-0.05, 0) is 75.9 Å². The lowest BCUT2D eigenvalue weighted by atomic mass is 9.98. The third kappa shape index (κ3) is 8.35. The second-order valence-corrected chi connectivity index (χ2v) is 10.3. The van der Waals surface area contributed by atoms with Crippen molar-refractivity contribution in [3.63, 3.8) is 0 Å². The van der Waals surface area contributed by atoms with E-state index in [-0.39, 0.29) is 18.3 Å². The molecule has 1 aromatic heterocycles. The molecule has 2 aromatic carbocycles. The first-order valence-electron chi connectivity index (χ1n) is 12.9. The molecular weight excluding hydrogens is 506 g/mol. The molecule has 0 unspecified atom stereocenters. The summed E-state index contributed by atoms with van der Waals surface area (Å²) in [5.74, 6) is 1.42. The molecule has 0 atom stereocenters. The molecule has 3 aromatic rings. The van der Waals surface area contributed by atoms with Crippen LogP contribution in [-0.4, -0.2) is 54.5 Å². The summed E-state index contributed by atoms with van der Waals surface area (Å²) in [4.78, 5) is 25.3. The molecule has 39 heavy (non-hydrogen) atoms. The number of halogens is 2. The van der Waals surface area contributed by atoms with Crippen LogP contribution < -0.4 is 14.5 Å². The molecule has 8 nitrogen and oxygen atoms in total. The zero-order valence-electron chi connectivity index (χ0n) is 22.4. The highest BCUT2D eigenvalue weighted by Gasteiger charge is 2.23. The third-order valence-corrected chi connectivity index (χ3v) is 6.10. The summed E-state index contributed by atoms with van der Waals surface area (Å²) in [6.45, 7) is 4.63. The molecule has 0 radical (unpaired) electrons. The summed E-state index contributed by atoms with van der Waals surface area (Å²) < 4.78 is 40.7. The molecule has 4 rings (SSSR count). The standard InChI is InChI=1S/C29H34F2N4O4/c1-29(2,3)39-27(36)20-37-19-21-13-15-34(16-14-21)25-17-32-18-26(33-25)35(22-7-5-4-6-8-22)23-9-11-24(12-10-23)38-28(30)31/h4-12,17-18,21,28H,13-16,19-20H2,1-3H3. The highest BCUT2D eigenvalue weighted by atomic mass is 19.3. The molecule has 0 saturated carbocycles. The minimum absolute atomic E-state index is 0.0461. The predicted octanol–water partition coefficient (Wildman–Crippen LogP) is 6.12. The van der Waals surface area contributed by atoms with Gasteiger partial charge in [-0.2, -0.15) is 8.78 Å². The van der Waals surface area contributed by atoms with Gasteiger partial charge in [0.1, 0.15) is 23.8 Å². The molecule has 0 spiro atoms. The number of piperidine rings is 1. The van der Waals surface area contributed by atoms with Crippen molar-refractivity contribution in [2.75, 3.05) is 36.1 Å². The van der Waals surface area contributed by atoms with Crippen molar-refractivity contribution in [1.82, 2.24) is 9.97 Å². The Morgan fingerprint density at radius 3 is 2.33 bits per heavy atom. The average Bonchev–Trinajstić information content (AvgIpc) is 2.90. The molecule has 10 heteroatoms. The van der Waals surface area contributed by atoms with Crippen LogP contribution in [0, 0.1) is 5.92 Å². The first-order valence-corrected chi connectivity index (χ1v) is 12.9. The van der Waals surface area contributed by atoms with Gasteiger partial charge in [0.25, 0.3) is 0 Å². The van der Waals surface area contributed by atoms with E-state index < -0.39 is 12.2 Å². The number of ether oxygens (including phenoxy) is 3. The van der Waals surface area contributed by atoms with Crippen molar-refractivity contribution in [2.24, 2.45) is 5.92 Å². The Kier molecular flexibility index (Phi) is 9.29. The number of benzene rings is 2. The van der Waals surface area contributed by atoms with Crippen LogP contribution in [0.3, 0.4) is 0 Å². The van der Waals surface area contributed by atoms with Crippen molar-refractivity contribution in [1.29, 1.82) is 0 Å². The summed E-state index contributed by atoms with van der Waals surface area (Å²) >= 11 is 0. The summed E-state index contributed by atoms with van der Waals surface area (Å²) in [7, 11) is 0. The van der Waals surface area contributed by atoms with E-state index in [4.69, 9.17) is 14.5 Å². The highest BCUT2D eigenvalue weighted by Crippen LogP contribution is 2.35. The maximum absolute atomic E-state index is 12.6. The van der Waals surface area contributed by atoms with Crippen molar-refractivity contribution < 1.29 is 27.8 Å². The molecule has 2 heterocycles. The Labute approximate surface area is 227 Å². The lowest BCUT2D eigenvalue weighted by molar-refractivity contribution is -0.160. The average molecular weight is 541 g/mol. The Hall–Kier alpha value is -3.79. The molecule has 1 fully saturated rings. The zero-order chi connectivity index (χ0) is 27.8. The van der Waals surface area contributed by atoms with Crippen LogP contribution in [0.1, 0.15) is 33.6 Å². The maximum Gasteiger partial charge on any atom is 0.387 e. The van der Waals surface area contributed by atoms with E-state index in [2.05, 4.69) is 14.6 Å². The number of carbonyl (C=O) groups is 1. The van der Waals surface area contributed by atoms with Crippen LogP contribution in [0.15, 0.2) is 67.0 Å². The lowest BCUT2D eigenvalue weighted by Gasteiger charge is -2.33. The van der Waals surface area contributed by atoms with Gasteiger partial charge in [0.2, 0.25) is 0 Å². The number of esters is 1. The number of nitrogens with zero attached hydrogens (tertiary/aromatic N) is 4. The van der Waals surface area contributed by atoms with Crippen LogP contribution in [0.4, 0.5) is 31.8 Å². The number of alkyl halides is 2. The van der Waals surface area contributed by atoms with Crippen molar-refractivity contribution in [2.45, 2.75) is 45.8 Å². The van der Waals surface area contributed by atoms with Crippen molar-refractivity contribution >= 4 is 29.0 Å². The Bertz CT molecular complexity index is 1200. The van der Waals surface area contributed by atoms with Gasteiger partial charge >= 0.3 is 12.6 Å².